The lowest BCUT2D eigenvalue weighted by molar-refractivity contribution is 0.0544. The average molecular weight is 552 g/mol. The van der Waals surface area contributed by atoms with Crippen LogP contribution in [0.2, 0.25) is 0 Å². The molecule has 0 spiro atoms. The number of anilines is 1. The third-order valence-electron chi connectivity index (χ3n) is 6.93. The first-order chi connectivity index (χ1) is 20.3. The fourth-order valence-corrected chi connectivity index (χ4v) is 4.80. The molecule has 0 aliphatic carbocycles. The second-order valence-corrected chi connectivity index (χ2v) is 9.67. The molecule has 0 amide bonds. The molecule has 1 fully saturated rings. The lowest BCUT2D eigenvalue weighted by Crippen LogP contribution is -2.37. The van der Waals surface area contributed by atoms with Gasteiger partial charge in [0.15, 0.2) is 11.5 Å². The van der Waals surface area contributed by atoms with Gasteiger partial charge in [-0.3, -0.25) is 4.40 Å². The number of hydrogen-bond donors (Lipinski definition) is 0. The molecule has 0 unspecified atom stereocenters. The van der Waals surface area contributed by atoms with Crippen molar-refractivity contribution >= 4 is 34.5 Å². The number of hydrogen-bond acceptors (Lipinski definition) is 8. The number of para-hydroxylation sites is 1. The minimum absolute atomic E-state index is 0.479. The number of fused-ring (bicyclic) bond motifs is 2. The number of morpholine rings is 1. The van der Waals surface area contributed by atoms with Gasteiger partial charge in [-0.15, -0.1) is 0 Å². The SMILES string of the molecule is COCCOCCOc1ccc(-c2cnc(N3CCOCC3)c3nc(C=Cc4ccc5ccccc5n4)cn23)cc1. The number of nitrogens with zero attached hydrogens (tertiary/aromatic N) is 5. The highest BCUT2D eigenvalue weighted by molar-refractivity contribution is 5.81. The van der Waals surface area contributed by atoms with Gasteiger partial charge >= 0.3 is 0 Å². The Bertz CT molecular complexity index is 1630. The van der Waals surface area contributed by atoms with Crippen LogP contribution in [0.25, 0.3) is 40.0 Å². The van der Waals surface area contributed by atoms with Crippen LogP contribution in [0.5, 0.6) is 5.75 Å². The second kappa shape index (κ2) is 12.9. The predicted molar refractivity (Wildman–Crippen MR) is 160 cm³/mol. The van der Waals surface area contributed by atoms with Gasteiger partial charge in [0.05, 0.1) is 61.8 Å². The van der Waals surface area contributed by atoms with Crippen molar-refractivity contribution in [2.75, 3.05) is 64.7 Å². The predicted octanol–water partition coefficient (Wildman–Crippen LogP) is 4.99. The molecule has 0 atom stereocenters. The maximum atomic E-state index is 5.83. The van der Waals surface area contributed by atoms with E-state index in [0.717, 1.165) is 63.9 Å². The van der Waals surface area contributed by atoms with Crippen molar-refractivity contribution in [1.82, 2.24) is 19.4 Å². The van der Waals surface area contributed by atoms with Gasteiger partial charge in [-0.2, -0.15) is 0 Å². The van der Waals surface area contributed by atoms with Gasteiger partial charge in [0.2, 0.25) is 0 Å². The van der Waals surface area contributed by atoms with Crippen LogP contribution < -0.4 is 9.64 Å². The normalized spacial score (nSPS) is 13.9. The first-order valence-electron chi connectivity index (χ1n) is 13.8. The van der Waals surface area contributed by atoms with Crippen molar-refractivity contribution in [2.24, 2.45) is 0 Å². The molecule has 9 heteroatoms. The molecule has 5 aromatic rings. The highest BCUT2D eigenvalue weighted by Gasteiger charge is 2.19. The summed E-state index contributed by atoms with van der Waals surface area (Å²) in [4.78, 5) is 16.9. The summed E-state index contributed by atoms with van der Waals surface area (Å²) in [6.45, 7) is 5.04. The van der Waals surface area contributed by atoms with Crippen molar-refractivity contribution in [3.8, 4) is 17.0 Å². The molecular formula is C32H33N5O4. The van der Waals surface area contributed by atoms with Crippen molar-refractivity contribution in [1.29, 1.82) is 0 Å². The van der Waals surface area contributed by atoms with Gasteiger partial charge < -0.3 is 23.8 Å². The number of ether oxygens (including phenoxy) is 4. The monoisotopic (exact) mass is 551 g/mol. The maximum absolute atomic E-state index is 5.83. The topological polar surface area (TPSA) is 83.2 Å². The van der Waals surface area contributed by atoms with E-state index in [0.29, 0.717) is 39.6 Å². The molecule has 0 N–H and O–H groups in total. The smallest absolute Gasteiger partial charge is 0.181 e. The summed E-state index contributed by atoms with van der Waals surface area (Å²) in [7, 11) is 1.66. The lowest BCUT2D eigenvalue weighted by atomic mass is 10.1. The molecule has 1 saturated heterocycles. The van der Waals surface area contributed by atoms with E-state index < -0.39 is 0 Å². The quantitative estimate of drug-likeness (QED) is 0.212. The number of pyridine rings is 1. The van der Waals surface area contributed by atoms with E-state index in [1.54, 1.807) is 7.11 Å². The fourth-order valence-electron chi connectivity index (χ4n) is 4.80. The zero-order valence-electron chi connectivity index (χ0n) is 23.1. The maximum Gasteiger partial charge on any atom is 0.181 e. The minimum Gasteiger partial charge on any atom is -0.491 e. The molecule has 210 valence electrons. The molecule has 0 bridgehead atoms. The van der Waals surface area contributed by atoms with Gasteiger partial charge in [-0.25, -0.2) is 15.0 Å². The van der Waals surface area contributed by atoms with E-state index in [2.05, 4.69) is 27.6 Å². The second-order valence-electron chi connectivity index (χ2n) is 9.67. The van der Waals surface area contributed by atoms with E-state index in [-0.39, 0.29) is 0 Å². The average Bonchev–Trinajstić information content (AvgIpc) is 3.46. The highest BCUT2D eigenvalue weighted by Crippen LogP contribution is 2.28. The van der Waals surface area contributed by atoms with E-state index in [9.17, 15) is 0 Å². The molecule has 6 rings (SSSR count). The van der Waals surface area contributed by atoms with Crippen molar-refractivity contribution in [3.63, 3.8) is 0 Å². The summed E-state index contributed by atoms with van der Waals surface area (Å²) < 4.78 is 24.0. The molecular weight excluding hydrogens is 518 g/mol. The zero-order valence-corrected chi connectivity index (χ0v) is 23.1. The number of benzene rings is 2. The number of rotatable bonds is 11. The molecule has 1 aliphatic rings. The number of methoxy groups -OCH3 is 1. The summed E-state index contributed by atoms with van der Waals surface area (Å²) in [5.41, 5.74) is 5.46. The Morgan fingerprint density at radius 1 is 0.854 bits per heavy atom. The van der Waals surface area contributed by atoms with Gasteiger partial charge in [-0.1, -0.05) is 24.3 Å². The summed E-state index contributed by atoms with van der Waals surface area (Å²) in [6.07, 6.45) is 7.97. The van der Waals surface area contributed by atoms with Crippen LogP contribution in [-0.4, -0.2) is 79.2 Å². The first kappa shape index (κ1) is 26.9. The largest absolute Gasteiger partial charge is 0.491 e. The number of aromatic nitrogens is 4. The van der Waals surface area contributed by atoms with E-state index in [1.165, 1.54) is 0 Å². The van der Waals surface area contributed by atoms with E-state index in [1.807, 2.05) is 66.9 Å². The van der Waals surface area contributed by atoms with Crippen LogP contribution in [0.4, 0.5) is 5.82 Å². The van der Waals surface area contributed by atoms with Crippen LogP contribution in [0, 0.1) is 0 Å². The molecule has 1 aliphatic heterocycles. The number of imidazole rings is 1. The van der Waals surface area contributed by atoms with E-state index in [4.69, 9.17) is 33.9 Å². The summed E-state index contributed by atoms with van der Waals surface area (Å²) in [5, 5.41) is 1.12. The van der Waals surface area contributed by atoms with Crippen molar-refractivity contribution < 1.29 is 18.9 Å². The van der Waals surface area contributed by atoms with Gasteiger partial charge in [0, 0.05) is 37.3 Å². The third-order valence-corrected chi connectivity index (χ3v) is 6.93. The fraction of sp³-hybridized carbons (Fsp3) is 0.281. The zero-order chi connectivity index (χ0) is 27.9. The standard InChI is InChI=1S/C32H33N5O4/c1-38-18-19-40-20-21-41-28-12-7-25(8-13-28)30-22-33-31(36-14-16-39-17-15-36)32-35-27(23-37(30)32)11-10-26-9-6-24-4-2-3-5-29(24)34-26/h2-13,22-23H,14-21H2,1H3. The Morgan fingerprint density at radius 2 is 1.66 bits per heavy atom. The van der Waals surface area contributed by atoms with Crippen LogP contribution in [-0.2, 0) is 14.2 Å². The summed E-state index contributed by atoms with van der Waals surface area (Å²) in [6, 6.07) is 20.3. The first-order valence-corrected chi connectivity index (χ1v) is 13.8. The Hall–Kier alpha value is -4.31. The minimum atomic E-state index is 0.479. The summed E-state index contributed by atoms with van der Waals surface area (Å²) >= 11 is 0. The third kappa shape index (κ3) is 6.38. The molecule has 0 saturated carbocycles. The molecule has 4 heterocycles. The molecule has 2 aromatic carbocycles. The van der Waals surface area contributed by atoms with Gasteiger partial charge in [-0.05, 0) is 48.6 Å². The van der Waals surface area contributed by atoms with Crippen LogP contribution in [0.1, 0.15) is 11.4 Å². The Balaban J connectivity index is 1.27. The van der Waals surface area contributed by atoms with Crippen molar-refractivity contribution in [3.05, 3.63) is 84.4 Å². The van der Waals surface area contributed by atoms with Crippen LogP contribution in [0.15, 0.2) is 73.1 Å². The lowest BCUT2D eigenvalue weighted by Gasteiger charge is -2.28. The van der Waals surface area contributed by atoms with Crippen LogP contribution in [0.3, 0.4) is 0 Å². The van der Waals surface area contributed by atoms with Gasteiger partial charge in [0.25, 0.3) is 0 Å². The Labute approximate surface area is 239 Å². The Kier molecular flexibility index (Phi) is 8.46. The van der Waals surface area contributed by atoms with Crippen LogP contribution >= 0.6 is 0 Å². The van der Waals surface area contributed by atoms with Crippen molar-refractivity contribution in [2.45, 2.75) is 0 Å². The molecule has 0 radical (unpaired) electrons. The van der Waals surface area contributed by atoms with Gasteiger partial charge in [0.1, 0.15) is 12.4 Å². The molecule has 9 nitrogen and oxygen atoms in total. The Morgan fingerprint density at radius 3 is 2.51 bits per heavy atom. The highest BCUT2D eigenvalue weighted by atomic mass is 16.5. The summed E-state index contributed by atoms with van der Waals surface area (Å²) in [5.74, 6) is 1.64. The molecule has 41 heavy (non-hydrogen) atoms. The van der Waals surface area contributed by atoms with E-state index >= 15 is 0 Å². The molecule has 3 aromatic heterocycles.